The van der Waals surface area contributed by atoms with Crippen LogP contribution in [-0.4, -0.2) is 31.1 Å². The van der Waals surface area contributed by atoms with Gasteiger partial charge in [0.1, 0.15) is 5.82 Å². The summed E-state index contributed by atoms with van der Waals surface area (Å²) in [7, 11) is 0. The van der Waals surface area contributed by atoms with Crippen LogP contribution in [0, 0.1) is 11.7 Å². The molecular formula is C17H23FN2O3. The summed E-state index contributed by atoms with van der Waals surface area (Å²) in [6.07, 6.45) is 2.08. The molecule has 1 aliphatic rings. The van der Waals surface area contributed by atoms with Crippen LogP contribution >= 0.6 is 0 Å². The summed E-state index contributed by atoms with van der Waals surface area (Å²) in [5.74, 6) is -0.995. The number of rotatable bonds is 5. The Labute approximate surface area is 135 Å². The number of ether oxygens (including phenoxy) is 1. The molecule has 1 heterocycles. The lowest BCUT2D eigenvalue weighted by Crippen LogP contribution is -2.40. The molecule has 23 heavy (non-hydrogen) atoms. The Hall–Kier alpha value is -1.95. The normalized spacial score (nSPS) is 17.8. The van der Waals surface area contributed by atoms with E-state index in [4.69, 9.17) is 4.74 Å². The first kappa shape index (κ1) is 17.4. The molecule has 1 saturated heterocycles. The van der Waals surface area contributed by atoms with Gasteiger partial charge in [0, 0.05) is 18.6 Å². The van der Waals surface area contributed by atoms with Crippen LogP contribution in [0.2, 0.25) is 0 Å². The Bertz CT molecular complexity index is 569. The van der Waals surface area contributed by atoms with Crippen LogP contribution in [0.4, 0.5) is 10.1 Å². The van der Waals surface area contributed by atoms with Crippen molar-refractivity contribution in [3.05, 3.63) is 29.6 Å². The molecule has 0 unspecified atom stereocenters. The third kappa shape index (κ3) is 5.32. The quantitative estimate of drug-likeness (QED) is 0.876. The summed E-state index contributed by atoms with van der Waals surface area (Å²) in [6.45, 7) is 5.03. The van der Waals surface area contributed by atoms with Crippen molar-refractivity contribution < 1.29 is 18.7 Å². The lowest BCUT2D eigenvalue weighted by molar-refractivity contribution is -0.116. The van der Waals surface area contributed by atoms with Gasteiger partial charge in [0.25, 0.3) is 5.91 Å². The van der Waals surface area contributed by atoms with Gasteiger partial charge < -0.3 is 15.4 Å². The fourth-order valence-electron chi connectivity index (χ4n) is 2.45. The highest BCUT2D eigenvalue weighted by Gasteiger charge is 2.18. The van der Waals surface area contributed by atoms with E-state index in [-0.39, 0.29) is 35.0 Å². The Balaban J connectivity index is 1.97. The molecule has 2 N–H and O–H groups in total. The van der Waals surface area contributed by atoms with Crippen molar-refractivity contribution in [3.8, 4) is 0 Å². The second-order valence-corrected chi connectivity index (χ2v) is 6.23. The van der Waals surface area contributed by atoms with Gasteiger partial charge in [-0.25, -0.2) is 4.39 Å². The average molecular weight is 322 g/mol. The van der Waals surface area contributed by atoms with Crippen LogP contribution in [0.5, 0.6) is 0 Å². The molecule has 1 aliphatic heterocycles. The van der Waals surface area contributed by atoms with Crippen LogP contribution in [-0.2, 0) is 9.53 Å². The maximum Gasteiger partial charge on any atom is 0.251 e. The number of benzene rings is 1. The van der Waals surface area contributed by atoms with E-state index in [2.05, 4.69) is 10.6 Å². The van der Waals surface area contributed by atoms with Crippen molar-refractivity contribution >= 4 is 17.5 Å². The summed E-state index contributed by atoms with van der Waals surface area (Å²) < 4.78 is 19.4. The first-order valence-electron chi connectivity index (χ1n) is 7.93. The van der Waals surface area contributed by atoms with E-state index >= 15 is 0 Å². The Morgan fingerprint density at radius 1 is 1.39 bits per heavy atom. The summed E-state index contributed by atoms with van der Waals surface area (Å²) in [4.78, 5) is 23.8. The summed E-state index contributed by atoms with van der Waals surface area (Å²) in [5.41, 5.74) is 0.322. The minimum atomic E-state index is -0.616. The molecule has 5 nitrogen and oxygen atoms in total. The highest BCUT2D eigenvalue weighted by molar-refractivity contribution is 5.96. The number of anilines is 1. The molecule has 1 atom stereocenters. The summed E-state index contributed by atoms with van der Waals surface area (Å²) in [5, 5.41) is 5.35. The highest BCUT2D eigenvalue weighted by Crippen LogP contribution is 2.17. The maximum atomic E-state index is 14.1. The second-order valence-electron chi connectivity index (χ2n) is 6.23. The lowest BCUT2D eigenvalue weighted by Gasteiger charge is -2.23. The van der Waals surface area contributed by atoms with Crippen molar-refractivity contribution in [3.63, 3.8) is 0 Å². The van der Waals surface area contributed by atoms with E-state index in [0.717, 1.165) is 18.9 Å². The summed E-state index contributed by atoms with van der Waals surface area (Å²) in [6, 6.07) is 4.03. The van der Waals surface area contributed by atoms with Crippen LogP contribution in [0.1, 0.15) is 43.5 Å². The van der Waals surface area contributed by atoms with Crippen LogP contribution in [0.15, 0.2) is 18.2 Å². The molecule has 2 amide bonds. The zero-order valence-electron chi connectivity index (χ0n) is 13.5. The van der Waals surface area contributed by atoms with E-state index < -0.39 is 5.82 Å². The zero-order valence-corrected chi connectivity index (χ0v) is 13.5. The van der Waals surface area contributed by atoms with Crippen molar-refractivity contribution in [2.45, 2.75) is 39.2 Å². The Kier molecular flexibility index (Phi) is 6.10. The van der Waals surface area contributed by atoms with Gasteiger partial charge in [0.2, 0.25) is 5.91 Å². The third-order valence-corrected chi connectivity index (χ3v) is 3.59. The Morgan fingerprint density at radius 2 is 2.17 bits per heavy atom. The number of carbonyl (C=O) groups is 2. The number of hydrogen-bond acceptors (Lipinski definition) is 3. The molecule has 1 aromatic carbocycles. The Morgan fingerprint density at radius 3 is 2.78 bits per heavy atom. The molecule has 0 aliphatic carbocycles. The predicted octanol–water partition coefficient (Wildman–Crippen LogP) is 2.72. The first-order valence-corrected chi connectivity index (χ1v) is 7.93. The summed E-state index contributed by atoms with van der Waals surface area (Å²) >= 11 is 0. The molecule has 0 saturated carbocycles. The molecule has 126 valence electrons. The highest BCUT2D eigenvalue weighted by atomic mass is 19.1. The predicted molar refractivity (Wildman–Crippen MR) is 85.8 cm³/mol. The fourth-order valence-corrected chi connectivity index (χ4v) is 2.45. The van der Waals surface area contributed by atoms with Crippen molar-refractivity contribution in [2.75, 3.05) is 18.5 Å². The molecule has 0 spiro atoms. The van der Waals surface area contributed by atoms with E-state index in [1.165, 1.54) is 12.1 Å². The van der Waals surface area contributed by atoms with E-state index in [1.807, 2.05) is 13.8 Å². The third-order valence-electron chi connectivity index (χ3n) is 3.59. The average Bonchev–Trinajstić information content (AvgIpc) is 2.49. The molecule has 0 aromatic heterocycles. The minimum Gasteiger partial charge on any atom is -0.379 e. The van der Waals surface area contributed by atoms with Crippen LogP contribution in [0.25, 0.3) is 0 Å². The van der Waals surface area contributed by atoms with Gasteiger partial charge in [-0.3, -0.25) is 9.59 Å². The molecule has 6 heteroatoms. The maximum absolute atomic E-state index is 14.1. The first-order chi connectivity index (χ1) is 11.0. The van der Waals surface area contributed by atoms with Gasteiger partial charge in [-0.15, -0.1) is 0 Å². The van der Waals surface area contributed by atoms with Crippen molar-refractivity contribution in [2.24, 2.45) is 5.92 Å². The van der Waals surface area contributed by atoms with E-state index in [1.54, 1.807) is 0 Å². The topological polar surface area (TPSA) is 67.4 Å². The van der Waals surface area contributed by atoms with Crippen LogP contribution in [0.3, 0.4) is 0 Å². The van der Waals surface area contributed by atoms with E-state index in [0.29, 0.717) is 19.6 Å². The van der Waals surface area contributed by atoms with E-state index in [9.17, 15) is 14.0 Å². The molecule has 0 bridgehead atoms. The number of carbonyl (C=O) groups excluding carboxylic acids is 2. The minimum absolute atomic E-state index is 0.0373. The van der Waals surface area contributed by atoms with Gasteiger partial charge in [0.15, 0.2) is 0 Å². The van der Waals surface area contributed by atoms with Gasteiger partial charge in [-0.2, -0.15) is 0 Å². The molecule has 1 fully saturated rings. The molecular weight excluding hydrogens is 299 g/mol. The SMILES string of the molecule is CC(C)CC(=O)Nc1ccc(C(=O)N[C@H]2CCCOC2)cc1F. The number of halogens is 1. The smallest absolute Gasteiger partial charge is 0.251 e. The van der Waals surface area contributed by atoms with Gasteiger partial charge >= 0.3 is 0 Å². The largest absolute Gasteiger partial charge is 0.379 e. The molecule has 2 rings (SSSR count). The zero-order chi connectivity index (χ0) is 16.8. The molecule has 1 aromatic rings. The van der Waals surface area contributed by atoms with Gasteiger partial charge in [-0.1, -0.05) is 13.8 Å². The van der Waals surface area contributed by atoms with Crippen molar-refractivity contribution in [1.29, 1.82) is 0 Å². The van der Waals surface area contributed by atoms with Crippen LogP contribution < -0.4 is 10.6 Å². The number of nitrogens with one attached hydrogen (secondary N) is 2. The van der Waals surface area contributed by atoms with Gasteiger partial charge in [0.05, 0.1) is 18.3 Å². The number of amides is 2. The number of hydrogen-bond donors (Lipinski definition) is 2. The lowest BCUT2D eigenvalue weighted by atomic mass is 10.1. The fraction of sp³-hybridized carbons (Fsp3) is 0.529. The second kappa shape index (κ2) is 8.06. The van der Waals surface area contributed by atoms with Crippen molar-refractivity contribution in [1.82, 2.24) is 5.32 Å². The standard InChI is InChI=1S/C17H23FN2O3/c1-11(2)8-16(21)20-15-6-5-12(9-14(15)18)17(22)19-13-4-3-7-23-10-13/h5-6,9,11,13H,3-4,7-8,10H2,1-2H3,(H,19,22)(H,20,21)/t13-/m0/s1. The monoisotopic (exact) mass is 322 g/mol. The molecule has 0 radical (unpaired) electrons. The van der Waals surface area contributed by atoms with Gasteiger partial charge in [-0.05, 0) is 37.0 Å².